The van der Waals surface area contributed by atoms with Crippen LogP contribution in [0.3, 0.4) is 0 Å². The summed E-state index contributed by atoms with van der Waals surface area (Å²) in [6.45, 7) is 8.30. The molecular formula is C22H33N2O5P. The van der Waals surface area contributed by atoms with E-state index in [1.165, 1.54) is 12.8 Å². The van der Waals surface area contributed by atoms with Crippen LogP contribution in [0.2, 0.25) is 0 Å². The Bertz CT molecular complexity index is 927. The van der Waals surface area contributed by atoms with Gasteiger partial charge in [0.25, 0.3) is 0 Å². The molecule has 0 radical (unpaired) electrons. The van der Waals surface area contributed by atoms with Crippen LogP contribution in [-0.4, -0.2) is 27.5 Å². The lowest BCUT2D eigenvalue weighted by Gasteiger charge is -2.36. The summed E-state index contributed by atoms with van der Waals surface area (Å²) in [5.41, 5.74) is 7.01. The number of pyridine rings is 1. The summed E-state index contributed by atoms with van der Waals surface area (Å²) in [5.74, 6) is 1.36. The molecule has 0 aliphatic heterocycles. The second-order valence-corrected chi connectivity index (χ2v) is 10.9. The van der Waals surface area contributed by atoms with Crippen molar-refractivity contribution in [2.24, 2.45) is 17.1 Å². The van der Waals surface area contributed by atoms with Crippen LogP contribution in [0.4, 0.5) is 0 Å². The van der Waals surface area contributed by atoms with E-state index in [0.29, 0.717) is 16.9 Å². The molecule has 0 spiro atoms. The summed E-state index contributed by atoms with van der Waals surface area (Å²) in [4.78, 5) is 22.5. The number of benzene rings is 1. The van der Waals surface area contributed by atoms with Crippen molar-refractivity contribution in [3.05, 3.63) is 35.9 Å². The van der Waals surface area contributed by atoms with Crippen LogP contribution in [0.1, 0.15) is 58.9 Å². The Morgan fingerprint density at radius 2 is 1.77 bits per heavy atom. The molecule has 1 unspecified atom stereocenters. The van der Waals surface area contributed by atoms with E-state index in [4.69, 9.17) is 20.3 Å². The number of phosphoric ester groups is 1. The number of hydrogen-bond donors (Lipinski definition) is 3. The Morgan fingerprint density at radius 1 is 1.10 bits per heavy atom. The van der Waals surface area contributed by atoms with Crippen molar-refractivity contribution >= 4 is 18.7 Å². The number of ether oxygens (including phenoxy) is 1. The minimum absolute atomic E-state index is 0.199. The fourth-order valence-corrected chi connectivity index (χ4v) is 4.48. The molecule has 1 aromatic carbocycles. The van der Waals surface area contributed by atoms with Crippen LogP contribution in [0.5, 0.6) is 5.88 Å². The predicted octanol–water partition coefficient (Wildman–Crippen LogP) is 4.50. The van der Waals surface area contributed by atoms with Gasteiger partial charge in [-0.3, -0.25) is 4.52 Å². The zero-order valence-corrected chi connectivity index (χ0v) is 19.1. The zero-order chi connectivity index (χ0) is 22.2. The lowest BCUT2D eigenvalue weighted by molar-refractivity contribution is 0.0854. The molecule has 3 rings (SSSR count). The first kappa shape index (κ1) is 23.2. The van der Waals surface area contributed by atoms with Gasteiger partial charge in [-0.2, -0.15) is 0 Å². The van der Waals surface area contributed by atoms with Gasteiger partial charge < -0.3 is 20.3 Å². The van der Waals surface area contributed by atoms with Crippen molar-refractivity contribution in [1.29, 1.82) is 0 Å². The lowest BCUT2D eigenvalue weighted by atomic mass is 9.72. The van der Waals surface area contributed by atoms with E-state index >= 15 is 0 Å². The van der Waals surface area contributed by atoms with Gasteiger partial charge in [0, 0.05) is 11.5 Å². The van der Waals surface area contributed by atoms with Crippen molar-refractivity contribution in [2.45, 2.75) is 65.0 Å². The molecule has 1 heterocycles. The fraction of sp³-hybridized carbons (Fsp3) is 0.591. The van der Waals surface area contributed by atoms with Crippen LogP contribution in [-0.2, 0) is 14.6 Å². The summed E-state index contributed by atoms with van der Waals surface area (Å²) in [6.07, 6.45) is 4.65. The summed E-state index contributed by atoms with van der Waals surface area (Å²) in [7, 11) is -4.58. The molecule has 1 fully saturated rings. The predicted molar refractivity (Wildman–Crippen MR) is 117 cm³/mol. The van der Waals surface area contributed by atoms with Crippen molar-refractivity contribution in [3.8, 4) is 5.88 Å². The first-order chi connectivity index (χ1) is 13.8. The van der Waals surface area contributed by atoms with Crippen LogP contribution in [0.25, 0.3) is 10.9 Å². The average molecular weight is 436 g/mol. The molecule has 8 heteroatoms. The minimum Gasteiger partial charge on any atom is -0.474 e. The molecule has 1 aliphatic carbocycles. The molecule has 1 atom stereocenters. The summed E-state index contributed by atoms with van der Waals surface area (Å²) in [5, 5.41) is 0.879. The molecule has 4 N–H and O–H groups in total. The minimum atomic E-state index is -4.58. The summed E-state index contributed by atoms with van der Waals surface area (Å²) in [6, 6.07) is 9.31. The van der Waals surface area contributed by atoms with Gasteiger partial charge in [0.1, 0.15) is 6.10 Å². The van der Waals surface area contributed by atoms with Crippen molar-refractivity contribution in [2.75, 3.05) is 6.61 Å². The van der Waals surface area contributed by atoms with Gasteiger partial charge in [-0.05, 0) is 67.7 Å². The van der Waals surface area contributed by atoms with Gasteiger partial charge in [-0.25, -0.2) is 9.55 Å². The molecule has 7 nitrogen and oxygen atoms in total. The fourth-order valence-electron chi connectivity index (χ4n) is 4.05. The van der Waals surface area contributed by atoms with Gasteiger partial charge in [-0.15, -0.1) is 0 Å². The van der Waals surface area contributed by atoms with Gasteiger partial charge in [-0.1, -0.05) is 26.8 Å². The monoisotopic (exact) mass is 436 g/mol. The van der Waals surface area contributed by atoms with Gasteiger partial charge in [0.2, 0.25) is 5.88 Å². The third kappa shape index (κ3) is 6.02. The van der Waals surface area contributed by atoms with E-state index in [1.807, 2.05) is 24.3 Å². The molecule has 166 valence electrons. The first-order valence-electron chi connectivity index (χ1n) is 10.4. The SMILES string of the molecule is CC(N)(COP(=O)(O)O)c1ccc2nc(OC3CCC(C(C)(C)C)CC3)ccc2c1. The molecule has 2 aromatic rings. The Hall–Kier alpha value is -1.50. The number of nitrogens with two attached hydrogens (primary N) is 1. The number of hydrogen-bond acceptors (Lipinski definition) is 5. The molecule has 30 heavy (non-hydrogen) atoms. The number of aromatic nitrogens is 1. The Balaban J connectivity index is 1.68. The Labute approximate surface area is 178 Å². The standard InChI is InChI=1S/C22H33N2O5P/c1-21(2,3)16-6-9-18(10-7-16)29-20-12-5-15-13-17(8-11-19(15)24-20)22(4,23)14-28-30(25,26)27/h5,8,11-13,16,18H,6-7,9-10,14,23H2,1-4H3,(H2,25,26,27). The van der Waals surface area contributed by atoms with E-state index in [1.54, 1.807) is 13.0 Å². The Kier molecular flexibility index (Phi) is 6.61. The van der Waals surface area contributed by atoms with Gasteiger partial charge in [0.05, 0.1) is 17.7 Å². The number of phosphoric acid groups is 1. The largest absolute Gasteiger partial charge is 0.474 e. The summed E-state index contributed by atoms with van der Waals surface area (Å²) < 4.78 is 21.7. The van der Waals surface area contributed by atoms with Crippen LogP contribution < -0.4 is 10.5 Å². The third-order valence-electron chi connectivity index (χ3n) is 6.04. The topological polar surface area (TPSA) is 115 Å². The molecule has 1 aromatic heterocycles. The van der Waals surface area contributed by atoms with E-state index in [-0.39, 0.29) is 12.7 Å². The molecular weight excluding hydrogens is 403 g/mol. The van der Waals surface area contributed by atoms with Crippen LogP contribution in [0.15, 0.2) is 30.3 Å². The van der Waals surface area contributed by atoms with E-state index in [9.17, 15) is 4.57 Å². The molecule has 0 bridgehead atoms. The number of rotatable bonds is 6. The molecule has 0 saturated heterocycles. The van der Waals surface area contributed by atoms with Crippen LogP contribution >= 0.6 is 7.82 Å². The van der Waals surface area contributed by atoms with Crippen molar-refractivity contribution in [1.82, 2.24) is 4.98 Å². The maximum atomic E-state index is 11.0. The van der Waals surface area contributed by atoms with Crippen LogP contribution in [0, 0.1) is 11.3 Å². The molecule has 0 amide bonds. The zero-order valence-electron chi connectivity index (χ0n) is 18.2. The lowest BCUT2D eigenvalue weighted by Crippen LogP contribution is -2.37. The second-order valence-electron chi connectivity index (χ2n) is 9.70. The van der Waals surface area contributed by atoms with E-state index < -0.39 is 13.4 Å². The van der Waals surface area contributed by atoms with Crippen molar-refractivity contribution in [3.63, 3.8) is 0 Å². The quantitative estimate of drug-likeness (QED) is 0.571. The van der Waals surface area contributed by atoms with Crippen molar-refractivity contribution < 1.29 is 23.6 Å². The molecule has 1 aliphatic rings. The number of nitrogens with zero attached hydrogens (tertiary/aromatic N) is 1. The Morgan fingerprint density at radius 3 is 2.37 bits per heavy atom. The highest BCUT2D eigenvalue weighted by Gasteiger charge is 2.31. The maximum Gasteiger partial charge on any atom is 0.469 e. The third-order valence-corrected chi connectivity index (χ3v) is 6.51. The normalized spacial score (nSPS) is 22.6. The highest BCUT2D eigenvalue weighted by atomic mass is 31.2. The summed E-state index contributed by atoms with van der Waals surface area (Å²) >= 11 is 0. The van der Waals surface area contributed by atoms with Gasteiger partial charge in [0.15, 0.2) is 0 Å². The van der Waals surface area contributed by atoms with E-state index in [0.717, 1.165) is 29.7 Å². The first-order valence-corrected chi connectivity index (χ1v) is 11.9. The highest BCUT2D eigenvalue weighted by molar-refractivity contribution is 7.46. The second kappa shape index (κ2) is 8.56. The number of fused-ring (bicyclic) bond motifs is 1. The maximum absolute atomic E-state index is 11.0. The van der Waals surface area contributed by atoms with Gasteiger partial charge >= 0.3 is 7.82 Å². The highest BCUT2D eigenvalue weighted by Crippen LogP contribution is 2.39. The average Bonchev–Trinajstić information content (AvgIpc) is 2.65. The molecule has 1 saturated carbocycles. The smallest absolute Gasteiger partial charge is 0.469 e. The van der Waals surface area contributed by atoms with E-state index in [2.05, 4.69) is 30.3 Å².